The molecule has 0 radical (unpaired) electrons. The van der Waals surface area contributed by atoms with E-state index in [-0.39, 0.29) is 12.4 Å². The topological polar surface area (TPSA) is 35.2 Å². The zero-order chi connectivity index (χ0) is 7.40. The van der Waals surface area contributed by atoms with Crippen LogP contribution in [0.3, 0.4) is 0 Å². The van der Waals surface area contributed by atoms with Crippen molar-refractivity contribution >= 4 is 12.4 Å². The van der Waals surface area contributed by atoms with Gasteiger partial charge in [0, 0.05) is 12.6 Å². The Morgan fingerprint density at radius 1 is 1.36 bits per heavy atom. The molecule has 11 heavy (non-hydrogen) atoms. The quantitative estimate of drug-likeness (QED) is 0.701. The number of hydrogen-bond acceptors (Lipinski definition) is 2. The molecule has 0 bridgehead atoms. The van der Waals surface area contributed by atoms with Gasteiger partial charge in [-0.05, 0) is 19.8 Å². The summed E-state index contributed by atoms with van der Waals surface area (Å²) in [4.78, 5) is 0. The van der Waals surface area contributed by atoms with Crippen LogP contribution in [-0.4, -0.2) is 18.8 Å². The zero-order valence-corrected chi connectivity index (χ0v) is 7.90. The van der Waals surface area contributed by atoms with Crippen LogP contribution in [0.1, 0.15) is 32.6 Å². The van der Waals surface area contributed by atoms with Crippen LogP contribution in [0, 0.1) is 0 Å². The van der Waals surface area contributed by atoms with Crippen molar-refractivity contribution in [3.8, 4) is 0 Å². The lowest BCUT2D eigenvalue weighted by molar-refractivity contribution is 0.0228. The van der Waals surface area contributed by atoms with Gasteiger partial charge in [-0.15, -0.1) is 12.4 Å². The van der Waals surface area contributed by atoms with Gasteiger partial charge in [-0.3, -0.25) is 0 Å². The predicted octanol–water partition coefficient (Wildman–Crippen LogP) is 1.71. The Balaban J connectivity index is 0.000001000. The number of ether oxygens (including phenoxy) is 1. The summed E-state index contributed by atoms with van der Waals surface area (Å²) in [6, 6.07) is 0.300. The Bertz CT molecular complexity index is 98.1. The minimum Gasteiger partial charge on any atom is -0.377 e. The second-order valence-electron chi connectivity index (χ2n) is 2.94. The fraction of sp³-hybridized carbons (Fsp3) is 1.00. The van der Waals surface area contributed by atoms with Crippen LogP contribution in [0.25, 0.3) is 0 Å². The minimum atomic E-state index is 0. The second kappa shape index (κ2) is 5.81. The Kier molecular flexibility index (Phi) is 5.92. The number of rotatable bonds is 2. The maximum atomic E-state index is 5.84. The molecule has 0 aromatic heterocycles. The van der Waals surface area contributed by atoms with Gasteiger partial charge in [-0.1, -0.05) is 12.8 Å². The van der Waals surface area contributed by atoms with E-state index in [2.05, 4.69) is 0 Å². The smallest absolute Gasteiger partial charge is 0.0725 e. The van der Waals surface area contributed by atoms with E-state index in [0.717, 1.165) is 19.4 Å². The molecule has 1 rings (SSSR count). The molecule has 0 heterocycles. The fourth-order valence-corrected chi connectivity index (χ4v) is 1.55. The molecular weight excluding hydrogens is 162 g/mol. The SMILES string of the molecule is CCO[C@@H]1CCCC[C@H]1N.Cl. The molecule has 0 aromatic carbocycles. The van der Waals surface area contributed by atoms with Gasteiger partial charge in [-0.25, -0.2) is 0 Å². The first-order valence-electron chi connectivity index (χ1n) is 4.21. The highest BCUT2D eigenvalue weighted by Crippen LogP contribution is 2.19. The van der Waals surface area contributed by atoms with Crippen molar-refractivity contribution in [3.63, 3.8) is 0 Å². The molecule has 3 heteroatoms. The van der Waals surface area contributed by atoms with E-state index in [0.29, 0.717) is 12.1 Å². The average molecular weight is 180 g/mol. The molecule has 0 amide bonds. The van der Waals surface area contributed by atoms with E-state index in [9.17, 15) is 0 Å². The summed E-state index contributed by atoms with van der Waals surface area (Å²) in [7, 11) is 0. The first-order valence-corrected chi connectivity index (χ1v) is 4.21. The van der Waals surface area contributed by atoms with Crippen molar-refractivity contribution in [2.75, 3.05) is 6.61 Å². The molecule has 0 unspecified atom stereocenters. The maximum Gasteiger partial charge on any atom is 0.0725 e. The van der Waals surface area contributed by atoms with Crippen molar-refractivity contribution in [1.82, 2.24) is 0 Å². The Hall–Kier alpha value is 0.210. The lowest BCUT2D eigenvalue weighted by Crippen LogP contribution is -2.39. The molecule has 0 aliphatic heterocycles. The molecule has 2 atom stereocenters. The standard InChI is InChI=1S/C8H17NO.ClH/c1-2-10-8-6-4-3-5-7(8)9;/h7-8H,2-6,9H2,1H3;1H/t7-,8-;/m1./s1. The number of halogens is 1. The zero-order valence-electron chi connectivity index (χ0n) is 7.08. The maximum absolute atomic E-state index is 5.84. The molecule has 0 spiro atoms. The molecule has 1 aliphatic carbocycles. The van der Waals surface area contributed by atoms with Gasteiger partial charge >= 0.3 is 0 Å². The summed E-state index contributed by atoms with van der Waals surface area (Å²) in [5, 5.41) is 0. The summed E-state index contributed by atoms with van der Waals surface area (Å²) < 4.78 is 5.47. The molecule has 1 aliphatic rings. The minimum absolute atomic E-state index is 0. The average Bonchev–Trinajstić information content (AvgIpc) is 1.94. The van der Waals surface area contributed by atoms with Crippen LogP contribution in [0.2, 0.25) is 0 Å². The third-order valence-electron chi connectivity index (χ3n) is 2.13. The first kappa shape index (κ1) is 11.2. The van der Waals surface area contributed by atoms with Crippen LogP contribution in [0.5, 0.6) is 0 Å². The Labute approximate surface area is 74.9 Å². The lowest BCUT2D eigenvalue weighted by atomic mass is 9.93. The van der Waals surface area contributed by atoms with E-state index >= 15 is 0 Å². The summed E-state index contributed by atoms with van der Waals surface area (Å²) in [6.07, 6.45) is 5.22. The summed E-state index contributed by atoms with van der Waals surface area (Å²) in [5.74, 6) is 0. The van der Waals surface area contributed by atoms with E-state index < -0.39 is 0 Å². The highest BCUT2D eigenvalue weighted by molar-refractivity contribution is 5.85. The van der Waals surface area contributed by atoms with E-state index in [1.54, 1.807) is 0 Å². The summed E-state index contributed by atoms with van der Waals surface area (Å²) in [5.41, 5.74) is 5.84. The van der Waals surface area contributed by atoms with Crippen molar-refractivity contribution in [2.45, 2.75) is 44.8 Å². The van der Waals surface area contributed by atoms with Crippen molar-refractivity contribution in [2.24, 2.45) is 5.73 Å². The van der Waals surface area contributed by atoms with Crippen LogP contribution < -0.4 is 5.73 Å². The van der Waals surface area contributed by atoms with Crippen LogP contribution >= 0.6 is 12.4 Å². The third-order valence-corrected chi connectivity index (χ3v) is 2.13. The molecule has 68 valence electrons. The van der Waals surface area contributed by atoms with Crippen molar-refractivity contribution in [1.29, 1.82) is 0 Å². The van der Waals surface area contributed by atoms with Gasteiger partial charge in [0.25, 0.3) is 0 Å². The molecule has 1 saturated carbocycles. The normalized spacial score (nSPS) is 31.1. The highest BCUT2D eigenvalue weighted by atomic mass is 35.5. The van der Waals surface area contributed by atoms with Crippen LogP contribution in [0.15, 0.2) is 0 Å². The largest absolute Gasteiger partial charge is 0.377 e. The van der Waals surface area contributed by atoms with Gasteiger partial charge in [0.05, 0.1) is 6.10 Å². The summed E-state index contributed by atoms with van der Waals surface area (Å²) >= 11 is 0. The van der Waals surface area contributed by atoms with Gasteiger partial charge in [0.2, 0.25) is 0 Å². The van der Waals surface area contributed by atoms with Crippen LogP contribution in [-0.2, 0) is 4.74 Å². The monoisotopic (exact) mass is 179 g/mol. The lowest BCUT2D eigenvalue weighted by Gasteiger charge is -2.27. The number of nitrogens with two attached hydrogens (primary N) is 1. The highest BCUT2D eigenvalue weighted by Gasteiger charge is 2.21. The number of hydrogen-bond donors (Lipinski definition) is 1. The Morgan fingerprint density at radius 2 is 2.00 bits per heavy atom. The molecule has 2 nitrogen and oxygen atoms in total. The van der Waals surface area contributed by atoms with Gasteiger partial charge < -0.3 is 10.5 Å². The first-order chi connectivity index (χ1) is 4.84. The van der Waals surface area contributed by atoms with Gasteiger partial charge in [0.1, 0.15) is 0 Å². The predicted molar refractivity (Wildman–Crippen MR) is 49.1 cm³/mol. The van der Waals surface area contributed by atoms with E-state index in [1.165, 1.54) is 12.8 Å². The van der Waals surface area contributed by atoms with Crippen LogP contribution in [0.4, 0.5) is 0 Å². The van der Waals surface area contributed by atoms with Gasteiger partial charge in [0.15, 0.2) is 0 Å². The van der Waals surface area contributed by atoms with Crippen molar-refractivity contribution < 1.29 is 4.74 Å². The van der Waals surface area contributed by atoms with E-state index in [4.69, 9.17) is 10.5 Å². The molecule has 0 saturated heterocycles. The molecular formula is C8H18ClNO. The second-order valence-corrected chi connectivity index (χ2v) is 2.94. The Morgan fingerprint density at radius 3 is 2.55 bits per heavy atom. The van der Waals surface area contributed by atoms with E-state index in [1.807, 2.05) is 6.92 Å². The fourth-order valence-electron chi connectivity index (χ4n) is 1.55. The molecule has 0 aromatic rings. The molecule has 1 fully saturated rings. The van der Waals surface area contributed by atoms with Gasteiger partial charge in [-0.2, -0.15) is 0 Å². The summed E-state index contributed by atoms with van der Waals surface area (Å²) in [6.45, 7) is 2.83. The third kappa shape index (κ3) is 3.41. The van der Waals surface area contributed by atoms with Crippen molar-refractivity contribution in [3.05, 3.63) is 0 Å². The molecule has 2 N–H and O–H groups in total.